The number of rotatable bonds is 9. The highest BCUT2D eigenvalue weighted by atomic mass is 16.7. The molecule has 0 spiro atoms. The van der Waals surface area contributed by atoms with Gasteiger partial charge in [-0.15, -0.1) is 0 Å². The molecule has 42 heavy (non-hydrogen) atoms. The van der Waals surface area contributed by atoms with Gasteiger partial charge in [0, 0.05) is 0 Å². The fourth-order valence-corrected chi connectivity index (χ4v) is 5.31. The molecule has 8 heteroatoms. The third-order valence-electron chi connectivity index (χ3n) is 7.43. The van der Waals surface area contributed by atoms with E-state index in [1.807, 2.05) is 36.4 Å². The van der Waals surface area contributed by atoms with Crippen LogP contribution in [0.2, 0.25) is 0 Å². The first kappa shape index (κ1) is 27.2. The second-order valence-corrected chi connectivity index (χ2v) is 10.2. The number of esters is 1. The van der Waals surface area contributed by atoms with Crippen LogP contribution in [0.15, 0.2) is 109 Å². The van der Waals surface area contributed by atoms with Gasteiger partial charge in [0.1, 0.15) is 17.4 Å². The Balaban J connectivity index is 1.27. The molecule has 2 fully saturated rings. The van der Waals surface area contributed by atoms with Gasteiger partial charge >= 0.3 is 5.97 Å². The molecule has 0 N–H and O–H groups in total. The first-order valence-corrected chi connectivity index (χ1v) is 14.0. The highest BCUT2D eigenvalue weighted by Gasteiger charge is 2.60. The van der Waals surface area contributed by atoms with Crippen LogP contribution in [0.3, 0.4) is 0 Å². The Kier molecular flexibility index (Phi) is 7.70. The molecule has 8 nitrogen and oxygen atoms in total. The minimum atomic E-state index is -0.987. The molecule has 3 unspecified atom stereocenters. The van der Waals surface area contributed by atoms with Gasteiger partial charge in [-0.05, 0) is 72.6 Å². The van der Waals surface area contributed by atoms with Crippen LogP contribution in [-0.4, -0.2) is 30.5 Å². The number of hydroxylamine groups is 1. The van der Waals surface area contributed by atoms with E-state index in [0.29, 0.717) is 29.4 Å². The lowest BCUT2D eigenvalue weighted by Gasteiger charge is -2.28. The summed E-state index contributed by atoms with van der Waals surface area (Å²) in [7, 11) is 0. The molecule has 2 amide bonds. The maximum atomic E-state index is 13.9. The first-order valence-electron chi connectivity index (χ1n) is 14.0. The number of imide groups is 1. The average Bonchev–Trinajstić information content (AvgIpc) is 3.54. The fourth-order valence-electron chi connectivity index (χ4n) is 5.31. The number of nitrogens with zero attached hydrogens (tertiary/aromatic N) is 2. The maximum absolute atomic E-state index is 13.9. The predicted molar refractivity (Wildman–Crippen MR) is 157 cm³/mol. The van der Waals surface area contributed by atoms with Gasteiger partial charge in [0.15, 0.2) is 6.10 Å². The summed E-state index contributed by atoms with van der Waals surface area (Å²) in [6, 6.07) is 31.5. The van der Waals surface area contributed by atoms with Crippen LogP contribution in [0.25, 0.3) is 0 Å². The van der Waals surface area contributed by atoms with Crippen molar-refractivity contribution in [2.45, 2.75) is 31.9 Å². The van der Waals surface area contributed by atoms with E-state index in [9.17, 15) is 14.4 Å². The Morgan fingerprint density at radius 3 is 2.07 bits per heavy atom. The van der Waals surface area contributed by atoms with Crippen LogP contribution in [-0.2, 0) is 14.4 Å². The minimum absolute atomic E-state index is 0.340. The van der Waals surface area contributed by atoms with Crippen molar-refractivity contribution < 1.29 is 28.7 Å². The summed E-state index contributed by atoms with van der Waals surface area (Å²) < 4.78 is 11.3. The minimum Gasteiger partial charge on any atom is -0.494 e. The molecule has 0 aromatic heterocycles. The standard InChI is InChI=1S/C34H30N2O6/c1-2-3-22-40-27-20-16-25(17-21-27)35-32(37)29-30(36(42-31(29)33(35)38)26-12-8-5-9-13-26)23-14-18-28(19-15-23)41-34(39)24-10-6-4-7-11-24/h4-21,29-31H,2-3,22H2,1H3. The number of hydrogen-bond acceptors (Lipinski definition) is 7. The summed E-state index contributed by atoms with van der Waals surface area (Å²) in [5.41, 5.74) is 2.38. The van der Waals surface area contributed by atoms with Crippen molar-refractivity contribution in [3.8, 4) is 11.5 Å². The molecule has 0 aliphatic carbocycles. The van der Waals surface area contributed by atoms with E-state index >= 15 is 0 Å². The predicted octanol–water partition coefficient (Wildman–Crippen LogP) is 6.14. The van der Waals surface area contributed by atoms with Crippen molar-refractivity contribution in [2.24, 2.45) is 5.92 Å². The number of anilines is 2. The molecular formula is C34H30N2O6. The Morgan fingerprint density at radius 2 is 1.40 bits per heavy atom. The van der Waals surface area contributed by atoms with Crippen molar-refractivity contribution in [3.05, 3.63) is 120 Å². The van der Waals surface area contributed by atoms with Crippen molar-refractivity contribution in [2.75, 3.05) is 16.6 Å². The summed E-state index contributed by atoms with van der Waals surface area (Å²) in [6.45, 7) is 2.70. The zero-order chi connectivity index (χ0) is 29.1. The Hall–Kier alpha value is -4.95. The van der Waals surface area contributed by atoms with E-state index < -0.39 is 29.9 Å². The second kappa shape index (κ2) is 11.9. The number of ether oxygens (including phenoxy) is 2. The molecule has 0 radical (unpaired) electrons. The summed E-state index contributed by atoms with van der Waals surface area (Å²) in [5.74, 6) is -0.951. The number of amides is 2. The van der Waals surface area contributed by atoms with E-state index in [-0.39, 0.29) is 5.91 Å². The molecule has 3 atom stereocenters. The van der Waals surface area contributed by atoms with E-state index in [1.54, 1.807) is 77.9 Å². The maximum Gasteiger partial charge on any atom is 0.343 e. The number of para-hydroxylation sites is 1. The monoisotopic (exact) mass is 562 g/mol. The zero-order valence-corrected chi connectivity index (χ0v) is 23.1. The third-order valence-corrected chi connectivity index (χ3v) is 7.43. The van der Waals surface area contributed by atoms with Gasteiger partial charge in [0.05, 0.1) is 29.6 Å². The van der Waals surface area contributed by atoms with Gasteiger partial charge in [0.25, 0.3) is 5.91 Å². The topological polar surface area (TPSA) is 85.4 Å². The lowest BCUT2D eigenvalue weighted by Crippen LogP contribution is -2.37. The molecule has 212 valence electrons. The summed E-state index contributed by atoms with van der Waals surface area (Å²) in [5, 5.41) is 1.64. The Labute approximate surface area is 244 Å². The van der Waals surface area contributed by atoms with Crippen LogP contribution < -0.4 is 19.4 Å². The van der Waals surface area contributed by atoms with Crippen molar-refractivity contribution in [1.29, 1.82) is 0 Å². The number of carbonyl (C=O) groups is 3. The van der Waals surface area contributed by atoms with Crippen molar-refractivity contribution in [1.82, 2.24) is 0 Å². The summed E-state index contributed by atoms with van der Waals surface area (Å²) in [4.78, 5) is 47.5. The van der Waals surface area contributed by atoms with Crippen LogP contribution >= 0.6 is 0 Å². The summed E-state index contributed by atoms with van der Waals surface area (Å²) >= 11 is 0. The van der Waals surface area contributed by atoms with Gasteiger partial charge in [-0.25, -0.2) is 14.8 Å². The number of benzene rings is 4. The van der Waals surface area contributed by atoms with Crippen LogP contribution in [0.5, 0.6) is 11.5 Å². The van der Waals surface area contributed by atoms with Crippen LogP contribution in [0.4, 0.5) is 11.4 Å². The highest BCUT2D eigenvalue weighted by molar-refractivity contribution is 6.24. The molecule has 4 aromatic rings. The fraction of sp³-hybridized carbons (Fsp3) is 0.206. The number of carbonyl (C=O) groups excluding carboxylic acids is 3. The van der Waals surface area contributed by atoms with Crippen LogP contribution in [0, 0.1) is 5.92 Å². The normalized spacial score (nSPS) is 19.6. The Morgan fingerprint density at radius 1 is 0.762 bits per heavy atom. The number of hydrogen-bond donors (Lipinski definition) is 0. The lowest BCUT2D eigenvalue weighted by atomic mass is 9.90. The SMILES string of the molecule is CCCCOc1ccc(N2C(=O)C3ON(c4ccccc4)C(c4ccc(OC(=O)c5ccccc5)cc4)C3C2=O)cc1. The van der Waals surface area contributed by atoms with Crippen molar-refractivity contribution in [3.63, 3.8) is 0 Å². The number of unbranched alkanes of at least 4 members (excludes halogenated alkanes) is 1. The first-order chi connectivity index (χ1) is 20.5. The van der Waals surface area contributed by atoms with Crippen LogP contribution in [0.1, 0.15) is 41.7 Å². The Bertz CT molecular complexity index is 1560. The number of fused-ring (bicyclic) bond motifs is 1. The smallest absolute Gasteiger partial charge is 0.343 e. The van der Waals surface area contributed by atoms with E-state index in [1.165, 1.54) is 4.90 Å². The molecular weight excluding hydrogens is 532 g/mol. The molecule has 4 aromatic carbocycles. The van der Waals surface area contributed by atoms with E-state index in [2.05, 4.69) is 6.92 Å². The molecule has 2 saturated heterocycles. The molecule has 0 saturated carbocycles. The molecule has 6 rings (SSSR count). The van der Waals surface area contributed by atoms with Crippen molar-refractivity contribution >= 4 is 29.2 Å². The third kappa shape index (κ3) is 5.24. The largest absolute Gasteiger partial charge is 0.494 e. The van der Waals surface area contributed by atoms with Gasteiger partial charge in [-0.2, -0.15) is 0 Å². The molecule has 2 aliphatic heterocycles. The highest BCUT2D eigenvalue weighted by Crippen LogP contribution is 2.47. The van der Waals surface area contributed by atoms with Gasteiger partial charge in [-0.1, -0.05) is 61.9 Å². The zero-order valence-electron chi connectivity index (χ0n) is 23.1. The van der Waals surface area contributed by atoms with E-state index in [4.69, 9.17) is 14.3 Å². The van der Waals surface area contributed by atoms with Gasteiger partial charge < -0.3 is 9.47 Å². The van der Waals surface area contributed by atoms with E-state index in [0.717, 1.165) is 24.1 Å². The average molecular weight is 563 g/mol. The molecule has 0 bridgehead atoms. The summed E-state index contributed by atoms with van der Waals surface area (Å²) in [6.07, 6.45) is 0.987. The lowest BCUT2D eigenvalue weighted by molar-refractivity contribution is -0.126. The second-order valence-electron chi connectivity index (χ2n) is 10.2. The molecule has 2 heterocycles. The quantitative estimate of drug-likeness (QED) is 0.105. The van der Waals surface area contributed by atoms with Gasteiger partial charge in [0.2, 0.25) is 5.91 Å². The van der Waals surface area contributed by atoms with Gasteiger partial charge in [-0.3, -0.25) is 14.4 Å². The molecule has 2 aliphatic rings.